The number of cyclic esters (lactones) is 1. The van der Waals surface area contributed by atoms with Crippen LogP contribution < -0.4 is 25.9 Å². The van der Waals surface area contributed by atoms with Gasteiger partial charge < -0.3 is 20.3 Å². The standard InChI is InChI=1S/C26H33F2N7O4/c1-17(32-18(2)36)26(3)16-34(25(38)39-26)20-12-21(27)24(22(28)13-20)33-9-8-31-35(11-10-33)23(37)15-30-14-19-4-6-29-7-5-19/h4-7,12-13,17,30-31H,8-11,14-16H2,1-3H3,(H,32,36)/t17-,26?/m0/s1. The topological polar surface area (TPSA) is 119 Å². The van der Waals surface area contributed by atoms with Crippen LogP contribution in [-0.4, -0.2) is 78.8 Å². The summed E-state index contributed by atoms with van der Waals surface area (Å²) in [5, 5.41) is 7.22. The lowest BCUT2D eigenvalue weighted by atomic mass is 9.97. The van der Waals surface area contributed by atoms with Crippen molar-refractivity contribution in [3.63, 3.8) is 0 Å². The number of aromatic nitrogens is 1. The molecule has 1 unspecified atom stereocenters. The van der Waals surface area contributed by atoms with E-state index in [9.17, 15) is 14.4 Å². The molecule has 2 saturated heterocycles. The minimum absolute atomic E-state index is 0.00537. The number of benzene rings is 1. The van der Waals surface area contributed by atoms with Gasteiger partial charge in [-0.15, -0.1) is 0 Å². The third-order valence-corrected chi connectivity index (χ3v) is 6.91. The number of carbonyl (C=O) groups excluding carboxylic acids is 3. The molecule has 0 bridgehead atoms. The summed E-state index contributed by atoms with van der Waals surface area (Å²) in [6.45, 7) is 6.29. The molecule has 3 amide bonds. The monoisotopic (exact) mass is 545 g/mol. The molecule has 13 heteroatoms. The normalized spacial score (nSPS) is 20.4. The molecule has 3 heterocycles. The summed E-state index contributed by atoms with van der Waals surface area (Å²) in [7, 11) is 0. The number of hydrogen-bond acceptors (Lipinski definition) is 8. The fourth-order valence-corrected chi connectivity index (χ4v) is 4.63. The van der Waals surface area contributed by atoms with Crippen molar-refractivity contribution in [2.24, 2.45) is 0 Å². The molecular weight excluding hydrogens is 512 g/mol. The van der Waals surface area contributed by atoms with Crippen molar-refractivity contribution in [1.29, 1.82) is 0 Å². The van der Waals surface area contributed by atoms with E-state index in [1.165, 1.54) is 16.8 Å². The van der Waals surface area contributed by atoms with Crippen molar-refractivity contribution in [3.05, 3.63) is 53.9 Å². The Labute approximate surface area is 225 Å². The minimum Gasteiger partial charge on any atom is -0.439 e. The van der Waals surface area contributed by atoms with Gasteiger partial charge >= 0.3 is 6.09 Å². The molecule has 3 N–H and O–H groups in total. The SMILES string of the molecule is CC(=O)N[C@@H](C)C1(C)CN(c2cc(F)c(N3CCNN(C(=O)CNCc4ccncc4)CC3)c(F)c2)C(=O)O1. The van der Waals surface area contributed by atoms with Crippen LogP contribution in [-0.2, 0) is 20.9 Å². The van der Waals surface area contributed by atoms with Crippen LogP contribution in [0.1, 0.15) is 26.3 Å². The molecule has 210 valence electrons. The molecule has 1 aromatic carbocycles. The van der Waals surface area contributed by atoms with Crippen molar-refractivity contribution in [3.8, 4) is 0 Å². The van der Waals surface area contributed by atoms with Gasteiger partial charge in [0.2, 0.25) is 5.91 Å². The Balaban J connectivity index is 1.38. The van der Waals surface area contributed by atoms with Gasteiger partial charge in [0.25, 0.3) is 5.91 Å². The second-order valence-electron chi connectivity index (χ2n) is 9.85. The zero-order valence-corrected chi connectivity index (χ0v) is 22.2. The highest BCUT2D eigenvalue weighted by Gasteiger charge is 2.46. The number of ether oxygens (including phenoxy) is 1. The second-order valence-corrected chi connectivity index (χ2v) is 9.85. The number of hydrazine groups is 1. The van der Waals surface area contributed by atoms with E-state index in [1.807, 2.05) is 12.1 Å². The summed E-state index contributed by atoms with van der Waals surface area (Å²) < 4.78 is 36.0. The lowest BCUT2D eigenvalue weighted by Crippen LogP contribution is -2.51. The van der Waals surface area contributed by atoms with Gasteiger partial charge in [-0.25, -0.2) is 19.0 Å². The molecule has 0 radical (unpaired) electrons. The van der Waals surface area contributed by atoms with E-state index in [4.69, 9.17) is 4.74 Å². The average molecular weight is 546 g/mol. The molecule has 0 aliphatic carbocycles. The Hall–Kier alpha value is -3.84. The van der Waals surface area contributed by atoms with Crippen molar-refractivity contribution < 1.29 is 27.9 Å². The summed E-state index contributed by atoms with van der Waals surface area (Å²) in [6.07, 6.45) is 2.60. The Morgan fingerprint density at radius 3 is 2.54 bits per heavy atom. The van der Waals surface area contributed by atoms with Crippen molar-refractivity contribution in [2.45, 2.75) is 39.0 Å². The first-order valence-corrected chi connectivity index (χ1v) is 12.7. The molecule has 0 saturated carbocycles. The maximum Gasteiger partial charge on any atom is 0.415 e. The van der Waals surface area contributed by atoms with Crippen LogP contribution in [0.15, 0.2) is 36.7 Å². The molecule has 2 aliphatic heterocycles. The number of halogens is 2. The van der Waals surface area contributed by atoms with Gasteiger partial charge in [-0.2, -0.15) is 0 Å². The summed E-state index contributed by atoms with van der Waals surface area (Å²) in [5.74, 6) is -2.14. The maximum absolute atomic E-state index is 15.3. The number of carbonyl (C=O) groups is 3. The van der Waals surface area contributed by atoms with Crippen LogP contribution in [0.4, 0.5) is 25.0 Å². The Morgan fingerprint density at radius 1 is 1.18 bits per heavy atom. The number of nitrogens with zero attached hydrogens (tertiary/aromatic N) is 4. The highest BCUT2D eigenvalue weighted by Crippen LogP contribution is 2.34. The predicted octanol–water partition coefficient (Wildman–Crippen LogP) is 1.54. The van der Waals surface area contributed by atoms with E-state index >= 15 is 8.78 Å². The average Bonchev–Trinajstić information content (AvgIpc) is 3.03. The molecule has 2 aromatic rings. The first-order chi connectivity index (χ1) is 18.6. The Bertz CT molecular complexity index is 1200. The summed E-state index contributed by atoms with van der Waals surface area (Å²) in [6, 6.07) is 5.38. The van der Waals surface area contributed by atoms with Gasteiger partial charge in [-0.05, 0) is 31.5 Å². The lowest BCUT2D eigenvalue weighted by molar-refractivity contribution is -0.133. The Kier molecular flexibility index (Phi) is 8.60. The zero-order valence-electron chi connectivity index (χ0n) is 22.2. The highest BCUT2D eigenvalue weighted by atomic mass is 19.1. The molecule has 2 fully saturated rings. The maximum atomic E-state index is 15.3. The number of amides is 3. The largest absolute Gasteiger partial charge is 0.439 e. The fourth-order valence-electron chi connectivity index (χ4n) is 4.63. The first-order valence-electron chi connectivity index (χ1n) is 12.7. The molecule has 4 rings (SSSR count). The third-order valence-electron chi connectivity index (χ3n) is 6.91. The van der Waals surface area contributed by atoms with Crippen LogP contribution in [0.3, 0.4) is 0 Å². The highest BCUT2D eigenvalue weighted by molar-refractivity contribution is 5.91. The minimum atomic E-state index is -1.08. The van der Waals surface area contributed by atoms with E-state index in [0.717, 1.165) is 22.6 Å². The van der Waals surface area contributed by atoms with Crippen molar-refractivity contribution in [1.82, 2.24) is 26.1 Å². The van der Waals surface area contributed by atoms with Crippen molar-refractivity contribution >= 4 is 29.3 Å². The molecule has 2 atom stereocenters. The number of nitrogens with one attached hydrogen (secondary N) is 3. The number of pyridine rings is 1. The molecular formula is C26H33F2N7O4. The summed E-state index contributed by atoms with van der Waals surface area (Å²) in [5.41, 5.74) is 2.72. The number of anilines is 2. The predicted molar refractivity (Wildman–Crippen MR) is 140 cm³/mol. The van der Waals surface area contributed by atoms with Gasteiger partial charge in [0.1, 0.15) is 11.3 Å². The second kappa shape index (κ2) is 11.9. The molecule has 39 heavy (non-hydrogen) atoms. The molecule has 11 nitrogen and oxygen atoms in total. The number of rotatable bonds is 8. The van der Waals surface area contributed by atoms with E-state index in [1.54, 1.807) is 26.2 Å². The van der Waals surface area contributed by atoms with Crippen LogP contribution >= 0.6 is 0 Å². The Morgan fingerprint density at radius 2 is 1.87 bits per heavy atom. The first kappa shape index (κ1) is 28.2. The quantitative estimate of drug-likeness (QED) is 0.457. The van der Waals surface area contributed by atoms with Gasteiger partial charge in [0.05, 0.1) is 31.4 Å². The molecule has 2 aliphatic rings. The van der Waals surface area contributed by atoms with E-state index in [0.29, 0.717) is 13.1 Å². The van der Waals surface area contributed by atoms with Gasteiger partial charge in [-0.1, -0.05) is 0 Å². The van der Waals surface area contributed by atoms with Gasteiger partial charge in [0, 0.05) is 57.6 Å². The van der Waals surface area contributed by atoms with Gasteiger partial charge in [0.15, 0.2) is 11.6 Å². The van der Waals surface area contributed by atoms with Crippen LogP contribution in [0.2, 0.25) is 0 Å². The van der Waals surface area contributed by atoms with E-state index < -0.39 is 29.4 Å². The third kappa shape index (κ3) is 6.60. The van der Waals surface area contributed by atoms with E-state index in [2.05, 4.69) is 21.0 Å². The lowest BCUT2D eigenvalue weighted by Gasteiger charge is -2.29. The van der Waals surface area contributed by atoms with Gasteiger partial charge in [-0.3, -0.25) is 24.5 Å². The van der Waals surface area contributed by atoms with Crippen LogP contribution in [0.25, 0.3) is 0 Å². The van der Waals surface area contributed by atoms with Crippen LogP contribution in [0.5, 0.6) is 0 Å². The number of hydrogen-bond donors (Lipinski definition) is 3. The van der Waals surface area contributed by atoms with Crippen LogP contribution in [0, 0.1) is 11.6 Å². The van der Waals surface area contributed by atoms with E-state index in [-0.39, 0.29) is 55.9 Å². The fraction of sp³-hybridized carbons (Fsp3) is 0.462. The summed E-state index contributed by atoms with van der Waals surface area (Å²) in [4.78, 5) is 43.3. The van der Waals surface area contributed by atoms with Crippen molar-refractivity contribution in [2.75, 3.05) is 49.1 Å². The molecule has 0 spiro atoms. The smallest absolute Gasteiger partial charge is 0.415 e. The molecule has 1 aromatic heterocycles. The summed E-state index contributed by atoms with van der Waals surface area (Å²) >= 11 is 0. The zero-order chi connectivity index (χ0) is 28.2.